The number of rotatable bonds is 11. The van der Waals surface area contributed by atoms with Gasteiger partial charge in [-0.05, 0) is 30.7 Å². The molecule has 0 saturated heterocycles. The summed E-state index contributed by atoms with van der Waals surface area (Å²) in [4.78, 5) is 12.2. The molecule has 0 amide bonds. The van der Waals surface area contributed by atoms with Gasteiger partial charge in [0.2, 0.25) is 0 Å². The summed E-state index contributed by atoms with van der Waals surface area (Å²) in [6.45, 7) is 2.24. The van der Waals surface area contributed by atoms with Crippen LogP contribution < -0.4 is 4.74 Å². The quantitative estimate of drug-likeness (QED) is 0.202. The summed E-state index contributed by atoms with van der Waals surface area (Å²) in [5.74, 6) is 1.03. The highest BCUT2D eigenvalue weighted by Gasteiger charge is 2.12. The first-order valence-electron chi connectivity index (χ1n) is 7.98. The molecule has 1 aromatic rings. The Kier molecular flexibility index (Phi) is 9.72. The Bertz CT molecular complexity index is 400. The van der Waals surface area contributed by atoms with Crippen LogP contribution in [-0.4, -0.2) is 16.8 Å². The van der Waals surface area contributed by atoms with Gasteiger partial charge in [0.15, 0.2) is 5.78 Å². The van der Waals surface area contributed by atoms with Crippen molar-refractivity contribution in [1.29, 1.82) is 0 Å². The zero-order valence-electron chi connectivity index (χ0n) is 13.2. The lowest BCUT2D eigenvalue weighted by Gasteiger charge is -2.09. The maximum atomic E-state index is 12.2. The summed E-state index contributed by atoms with van der Waals surface area (Å²) in [6.07, 6.45) is 9.67. The van der Waals surface area contributed by atoms with Gasteiger partial charge in [0.05, 0.1) is 7.11 Å². The van der Waals surface area contributed by atoms with Gasteiger partial charge >= 0.3 is 0 Å². The SMILES string of the molecule is CCCCCCCCC(I)CC(=O)c1ccc(OC)cc1. The second kappa shape index (κ2) is 11.0. The molecule has 0 radical (unpaired) electrons. The van der Waals surface area contributed by atoms with Crippen LogP contribution in [0.1, 0.15) is 68.6 Å². The van der Waals surface area contributed by atoms with Gasteiger partial charge in [0, 0.05) is 15.9 Å². The molecule has 21 heavy (non-hydrogen) atoms. The molecule has 0 heterocycles. The van der Waals surface area contributed by atoms with Crippen molar-refractivity contribution in [2.45, 2.75) is 62.2 Å². The standard InChI is InChI=1S/C18H27IO2/c1-3-4-5-6-7-8-9-16(19)14-18(20)15-10-12-17(21-2)13-11-15/h10-13,16H,3-9,14H2,1-2H3. The van der Waals surface area contributed by atoms with Gasteiger partial charge in [-0.25, -0.2) is 0 Å². The molecule has 0 N–H and O–H groups in total. The number of carbonyl (C=O) groups is 1. The Morgan fingerprint density at radius 1 is 1.10 bits per heavy atom. The van der Waals surface area contributed by atoms with E-state index in [0.29, 0.717) is 10.3 Å². The molecule has 1 atom stereocenters. The molecule has 0 aliphatic carbocycles. The first-order valence-corrected chi connectivity index (χ1v) is 9.23. The molecule has 0 aliphatic heterocycles. The van der Waals surface area contributed by atoms with E-state index >= 15 is 0 Å². The number of ether oxygens (including phenoxy) is 1. The van der Waals surface area contributed by atoms with E-state index in [1.54, 1.807) is 7.11 Å². The lowest BCUT2D eigenvalue weighted by molar-refractivity contribution is 0.0982. The molecule has 0 fully saturated rings. The molecular weight excluding hydrogens is 375 g/mol. The first kappa shape index (κ1) is 18.5. The molecule has 3 heteroatoms. The van der Waals surface area contributed by atoms with E-state index in [0.717, 1.165) is 17.7 Å². The van der Waals surface area contributed by atoms with Crippen LogP contribution in [0.5, 0.6) is 5.75 Å². The van der Waals surface area contributed by atoms with Crippen molar-refractivity contribution in [1.82, 2.24) is 0 Å². The third-order valence-corrected chi connectivity index (χ3v) is 4.75. The van der Waals surface area contributed by atoms with Crippen molar-refractivity contribution in [2.75, 3.05) is 7.11 Å². The molecule has 1 rings (SSSR count). The molecule has 0 spiro atoms. The number of alkyl halides is 1. The smallest absolute Gasteiger partial charge is 0.163 e. The van der Waals surface area contributed by atoms with E-state index in [-0.39, 0.29) is 5.78 Å². The fourth-order valence-electron chi connectivity index (χ4n) is 2.34. The number of hydrogen-bond acceptors (Lipinski definition) is 2. The van der Waals surface area contributed by atoms with Crippen LogP contribution in [0.3, 0.4) is 0 Å². The maximum absolute atomic E-state index is 12.2. The summed E-state index contributed by atoms with van der Waals surface area (Å²) < 4.78 is 5.56. The minimum atomic E-state index is 0.239. The summed E-state index contributed by atoms with van der Waals surface area (Å²) >= 11 is 2.42. The highest BCUT2D eigenvalue weighted by molar-refractivity contribution is 14.1. The summed E-state index contributed by atoms with van der Waals surface area (Å²) in [7, 11) is 1.64. The van der Waals surface area contributed by atoms with E-state index in [1.165, 1.54) is 38.5 Å². The molecule has 2 nitrogen and oxygen atoms in total. The molecule has 0 aliphatic rings. The summed E-state index contributed by atoms with van der Waals surface area (Å²) in [6, 6.07) is 7.41. The third kappa shape index (κ3) is 7.84. The van der Waals surface area contributed by atoms with Gasteiger partial charge in [0.1, 0.15) is 5.75 Å². The highest BCUT2D eigenvalue weighted by atomic mass is 127. The van der Waals surface area contributed by atoms with Crippen LogP contribution in [0.4, 0.5) is 0 Å². The second-order valence-corrected chi connectivity index (χ2v) is 7.27. The van der Waals surface area contributed by atoms with Crippen molar-refractivity contribution in [3.05, 3.63) is 29.8 Å². The van der Waals surface area contributed by atoms with Crippen LogP contribution in [0.25, 0.3) is 0 Å². The molecule has 0 aromatic heterocycles. The van der Waals surface area contributed by atoms with Crippen molar-refractivity contribution >= 4 is 28.4 Å². The number of unbranched alkanes of at least 4 members (excludes halogenated alkanes) is 5. The average Bonchev–Trinajstić information content (AvgIpc) is 2.50. The van der Waals surface area contributed by atoms with E-state index < -0.39 is 0 Å². The fourth-order valence-corrected chi connectivity index (χ4v) is 3.18. The first-order chi connectivity index (χ1) is 10.2. The Balaban J connectivity index is 2.23. The predicted molar refractivity (Wildman–Crippen MR) is 97.7 cm³/mol. The molecule has 118 valence electrons. The second-order valence-electron chi connectivity index (χ2n) is 5.51. The van der Waals surface area contributed by atoms with E-state index in [1.807, 2.05) is 24.3 Å². The normalized spacial score (nSPS) is 12.1. The Hall–Kier alpha value is -0.580. The zero-order chi connectivity index (χ0) is 15.5. The van der Waals surface area contributed by atoms with Crippen molar-refractivity contribution in [3.8, 4) is 5.75 Å². The minimum absolute atomic E-state index is 0.239. The van der Waals surface area contributed by atoms with Crippen molar-refractivity contribution < 1.29 is 9.53 Å². The number of ketones is 1. The lowest BCUT2D eigenvalue weighted by atomic mass is 10.0. The Morgan fingerprint density at radius 2 is 1.71 bits per heavy atom. The Labute approximate surface area is 142 Å². The van der Waals surface area contributed by atoms with Crippen LogP contribution in [-0.2, 0) is 0 Å². The number of methoxy groups -OCH3 is 1. The number of Topliss-reactive ketones (excluding diaryl/α,β-unsaturated/α-hetero) is 1. The predicted octanol–water partition coefficient (Wildman–Crippen LogP) is 5.82. The summed E-state index contributed by atoms with van der Waals surface area (Å²) in [5.41, 5.74) is 0.792. The maximum Gasteiger partial charge on any atom is 0.163 e. The van der Waals surface area contributed by atoms with E-state index in [2.05, 4.69) is 29.5 Å². The van der Waals surface area contributed by atoms with Gasteiger partial charge in [-0.15, -0.1) is 0 Å². The van der Waals surface area contributed by atoms with Crippen LogP contribution >= 0.6 is 22.6 Å². The average molecular weight is 402 g/mol. The molecule has 0 saturated carbocycles. The van der Waals surface area contributed by atoms with Gasteiger partial charge < -0.3 is 4.74 Å². The fraction of sp³-hybridized carbons (Fsp3) is 0.611. The Morgan fingerprint density at radius 3 is 2.33 bits per heavy atom. The minimum Gasteiger partial charge on any atom is -0.497 e. The van der Waals surface area contributed by atoms with Gasteiger partial charge in [-0.1, -0.05) is 68.0 Å². The molecule has 1 aromatic carbocycles. The number of hydrogen-bond donors (Lipinski definition) is 0. The molecule has 1 unspecified atom stereocenters. The van der Waals surface area contributed by atoms with Gasteiger partial charge in [0.25, 0.3) is 0 Å². The van der Waals surface area contributed by atoms with Crippen LogP contribution in [0, 0.1) is 0 Å². The van der Waals surface area contributed by atoms with Crippen molar-refractivity contribution in [2.24, 2.45) is 0 Å². The van der Waals surface area contributed by atoms with E-state index in [9.17, 15) is 4.79 Å². The van der Waals surface area contributed by atoms with Crippen LogP contribution in [0.2, 0.25) is 0 Å². The zero-order valence-corrected chi connectivity index (χ0v) is 15.4. The van der Waals surface area contributed by atoms with Crippen molar-refractivity contribution in [3.63, 3.8) is 0 Å². The van der Waals surface area contributed by atoms with E-state index in [4.69, 9.17) is 4.74 Å². The summed E-state index contributed by atoms with van der Waals surface area (Å²) in [5, 5.41) is 0. The highest BCUT2D eigenvalue weighted by Crippen LogP contribution is 2.20. The lowest BCUT2D eigenvalue weighted by Crippen LogP contribution is -2.08. The number of benzene rings is 1. The monoisotopic (exact) mass is 402 g/mol. The molecular formula is C18H27IO2. The van der Waals surface area contributed by atoms with Gasteiger partial charge in [-0.2, -0.15) is 0 Å². The van der Waals surface area contributed by atoms with Gasteiger partial charge in [-0.3, -0.25) is 4.79 Å². The number of carbonyl (C=O) groups excluding carboxylic acids is 1. The third-order valence-electron chi connectivity index (χ3n) is 3.69. The largest absolute Gasteiger partial charge is 0.497 e. The number of halogens is 1. The molecule has 0 bridgehead atoms. The topological polar surface area (TPSA) is 26.3 Å². The van der Waals surface area contributed by atoms with Crippen LogP contribution in [0.15, 0.2) is 24.3 Å².